The molecule has 0 aliphatic carbocycles. The zero-order valence-corrected chi connectivity index (χ0v) is 13.7. The van der Waals surface area contributed by atoms with Gasteiger partial charge in [-0.2, -0.15) is 23.5 Å². The van der Waals surface area contributed by atoms with Crippen LogP contribution in [0.2, 0.25) is 0 Å². The fraction of sp³-hybridized carbons (Fsp3) is 0.600. The van der Waals surface area contributed by atoms with E-state index in [4.69, 9.17) is 10.5 Å². The summed E-state index contributed by atoms with van der Waals surface area (Å²) in [5.74, 6) is 2.03. The summed E-state index contributed by atoms with van der Waals surface area (Å²) >= 11 is 4.05. The Hall–Kier alpha value is -0.320. The summed E-state index contributed by atoms with van der Waals surface area (Å²) in [5.41, 5.74) is 8.89. The topological polar surface area (TPSA) is 35.2 Å². The highest BCUT2D eigenvalue weighted by molar-refractivity contribution is 8.07. The van der Waals surface area contributed by atoms with E-state index in [-0.39, 0.29) is 6.04 Å². The van der Waals surface area contributed by atoms with Gasteiger partial charge in [-0.15, -0.1) is 0 Å². The zero-order chi connectivity index (χ0) is 14.0. The van der Waals surface area contributed by atoms with E-state index in [9.17, 15) is 0 Å². The van der Waals surface area contributed by atoms with Crippen molar-refractivity contribution in [2.24, 2.45) is 5.73 Å². The third-order valence-electron chi connectivity index (χ3n) is 3.72. The van der Waals surface area contributed by atoms with Crippen molar-refractivity contribution in [1.82, 2.24) is 0 Å². The first-order valence-electron chi connectivity index (χ1n) is 6.70. The second kappa shape index (κ2) is 6.42. The first-order chi connectivity index (χ1) is 9.02. The van der Waals surface area contributed by atoms with Crippen LogP contribution >= 0.6 is 23.5 Å². The Morgan fingerprint density at radius 1 is 1.32 bits per heavy atom. The number of hydrogen-bond donors (Lipinski definition) is 1. The van der Waals surface area contributed by atoms with Crippen molar-refractivity contribution >= 4 is 23.5 Å². The molecule has 1 heterocycles. The van der Waals surface area contributed by atoms with Gasteiger partial charge in [0, 0.05) is 33.1 Å². The smallest absolute Gasteiger partial charge is 0.123 e. The molecule has 1 aliphatic rings. The molecule has 0 amide bonds. The van der Waals surface area contributed by atoms with Gasteiger partial charge in [0.25, 0.3) is 0 Å². The maximum Gasteiger partial charge on any atom is 0.123 e. The van der Waals surface area contributed by atoms with E-state index >= 15 is 0 Å². The highest BCUT2D eigenvalue weighted by Crippen LogP contribution is 2.41. The van der Waals surface area contributed by atoms with Crippen LogP contribution < -0.4 is 10.5 Å². The molecule has 19 heavy (non-hydrogen) atoms. The van der Waals surface area contributed by atoms with Gasteiger partial charge in [-0.25, -0.2) is 0 Å². The number of nitrogens with two attached hydrogens (primary N) is 1. The van der Waals surface area contributed by atoms with E-state index < -0.39 is 0 Å². The number of aryl methyl sites for hydroxylation is 1. The fourth-order valence-corrected chi connectivity index (χ4v) is 5.35. The number of benzene rings is 1. The van der Waals surface area contributed by atoms with E-state index in [2.05, 4.69) is 32.9 Å². The van der Waals surface area contributed by atoms with Crippen LogP contribution in [-0.2, 0) is 0 Å². The molecule has 0 bridgehead atoms. The summed E-state index contributed by atoms with van der Waals surface area (Å²) in [6, 6.07) is 6.30. The Balaban J connectivity index is 2.19. The molecule has 1 aromatic rings. The largest absolute Gasteiger partial charge is 0.496 e. The molecule has 1 aromatic carbocycles. The lowest BCUT2D eigenvalue weighted by Crippen LogP contribution is -2.34. The Morgan fingerprint density at radius 2 is 2.05 bits per heavy atom. The van der Waals surface area contributed by atoms with E-state index in [1.807, 2.05) is 29.6 Å². The van der Waals surface area contributed by atoms with E-state index in [1.54, 1.807) is 7.11 Å². The number of hydrogen-bond acceptors (Lipinski definition) is 4. The minimum Gasteiger partial charge on any atom is -0.496 e. The van der Waals surface area contributed by atoms with Crippen LogP contribution in [0, 0.1) is 6.92 Å². The Kier molecular flexibility index (Phi) is 5.09. The molecule has 0 spiro atoms. The molecule has 4 heteroatoms. The normalized spacial score (nSPS) is 29.0. The molecule has 0 radical (unpaired) electrons. The van der Waals surface area contributed by atoms with Crippen molar-refractivity contribution in [2.45, 2.75) is 42.6 Å². The summed E-state index contributed by atoms with van der Waals surface area (Å²) in [4.78, 5) is 0. The van der Waals surface area contributed by atoms with Crippen LogP contribution in [0.5, 0.6) is 5.75 Å². The predicted octanol–water partition coefficient (Wildman–Crippen LogP) is 3.63. The van der Waals surface area contributed by atoms with Crippen LogP contribution in [0.4, 0.5) is 0 Å². The summed E-state index contributed by atoms with van der Waals surface area (Å²) in [7, 11) is 1.72. The lowest BCUT2D eigenvalue weighted by molar-refractivity contribution is 0.405. The van der Waals surface area contributed by atoms with Gasteiger partial charge in [0.15, 0.2) is 0 Å². The van der Waals surface area contributed by atoms with Gasteiger partial charge in [0.05, 0.1) is 7.11 Å². The molecule has 2 nitrogen and oxygen atoms in total. The van der Waals surface area contributed by atoms with Crippen LogP contribution in [-0.4, -0.2) is 28.6 Å². The van der Waals surface area contributed by atoms with Gasteiger partial charge in [-0.05, 0) is 13.0 Å². The molecule has 1 fully saturated rings. The van der Waals surface area contributed by atoms with Gasteiger partial charge in [-0.3, -0.25) is 0 Å². The Labute approximate surface area is 124 Å². The molecular formula is C15H23NOS2. The Morgan fingerprint density at radius 3 is 2.68 bits per heavy atom. The van der Waals surface area contributed by atoms with Crippen molar-refractivity contribution in [3.63, 3.8) is 0 Å². The van der Waals surface area contributed by atoms with Crippen LogP contribution in [0.1, 0.15) is 31.0 Å². The maximum atomic E-state index is 6.51. The van der Waals surface area contributed by atoms with Crippen LogP contribution in [0.3, 0.4) is 0 Å². The van der Waals surface area contributed by atoms with Crippen LogP contribution in [0.15, 0.2) is 18.2 Å². The first kappa shape index (κ1) is 15.1. The Bertz CT molecular complexity index is 438. The van der Waals surface area contributed by atoms with Crippen molar-refractivity contribution in [3.05, 3.63) is 29.3 Å². The number of thioether (sulfide) groups is 2. The van der Waals surface area contributed by atoms with Crippen molar-refractivity contribution in [3.8, 4) is 5.75 Å². The summed E-state index contributed by atoms with van der Waals surface area (Å²) in [6.07, 6.45) is 0. The third-order valence-corrected chi connectivity index (χ3v) is 7.23. The standard InChI is InChI=1S/C15H23NOS2/c1-9-5-6-13(17-4)12(7-9)15(16)14-8-18-10(2)11(3)19-14/h5-7,10-11,14-15H,8,16H2,1-4H3. The molecule has 1 aliphatic heterocycles. The highest BCUT2D eigenvalue weighted by Gasteiger charge is 2.31. The fourth-order valence-electron chi connectivity index (χ4n) is 2.31. The number of methoxy groups -OCH3 is 1. The van der Waals surface area contributed by atoms with Gasteiger partial charge in [0.2, 0.25) is 0 Å². The predicted molar refractivity (Wildman–Crippen MR) is 87.4 cm³/mol. The van der Waals surface area contributed by atoms with E-state index in [1.165, 1.54) is 5.56 Å². The van der Waals surface area contributed by atoms with Gasteiger partial charge < -0.3 is 10.5 Å². The average molecular weight is 297 g/mol. The second-order valence-electron chi connectivity index (χ2n) is 5.19. The van der Waals surface area contributed by atoms with Gasteiger partial charge in [-0.1, -0.05) is 31.5 Å². The minimum absolute atomic E-state index is 0.0438. The number of rotatable bonds is 3. The molecule has 2 rings (SSSR count). The molecule has 106 valence electrons. The lowest BCUT2D eigenvalue weighted by atomic mass is 10.0. The SMILES string of the molecule is COc1ccc(C)cc1C(N)C1CSC(C)C(C)S1. The van der Waals surface area contributed by atoms with Crippen LogP contribution in [0.25, 0.3) is 0 Å². The zero-order valence-electron chi connectivity index (χ0n) is 12.1. The monoisotopic (exact) mass is 297 g/mol. The van der Waals surface area contributed by atoms with Crippen molar-refractivity contribution in [1.29, 1.82) is 0 Å². The van der Waals surface area contributed by atoms with E-state index in [0.717, 1.165) is 17.1 Å². The van der Waals surface area contributed by atoms with Gasteiger partial charge in [0.1, 0.15) is 5.75 Å². The van der Waals surface area contributed by atoms with Crippen molar-refractivity contribution < 1.29 is 4.74 Å². The summed E-state index contributed by atoms with van der Waals surface area (Å²) in [6.45, 7) is 6.70. The molecule has 2 N–H and O–H groups in total. The quantitative estimate of drug-likeness (QED) is 0.924. The molecule has 0 saturated carbocycles. The summed E-state index contributed by atoms with van der Waals surface area (Å²) in [5, 5.41) is 1.84. The molecule has 4 atom stereocenters. The maximum absolute atomic E-state index is 6.51. The lowest BCUT2D eigenvalue weighted by Gasteiger charge is -2.35. The highest BCUT2D eigenvalue weighted by atomic mass is 32.2. The van der Waals surface area contributed by atoms with Gasteiger partial charge >= 0.3 is 0 Å². The second-order valence-corrected chi connectivity index (χ2v) is 8.22. The number of ether oxygens (including phenoxy) is 1. The third kappa shape index (κ3) is 3.41. The first-order valence-corrected chi connectivity index (χ1v) is 8.69. The molecule has 4 unspecified atom stereocenters. The van der Waals surface area contributed by atoms with E-state index in [0.29, 0.717) is 15.7 Å². The summed E-state index contributed by atoms with van der Waals surface area (Å²) < 4.78 is 5.46. The minimum atomic E-state index is 0.0438. The molecular weight excluding hydrogens is 274 g/mol. The molecule has 1 saturated heterocycles. The average Bonchev–Trinajstić information content (AvgIpc) is 2.41. The molecule has 0 aromatic heterocycles. The van der Waals surface area contributed by atoms with Crippen molar-refractivity contribution in [2.75, 3.05) is 12.9 Å².